The minimum atomic E-state index is -1.25. The first-order valence-corrected chi connectivity index (χ1v) is 10.8. The standard InChI is InChI=1S/C27H27NO5/c1-3-28(4-2)20-12-14-23(25(29)17-20)26(30)22-15-13-21(18-24(22)27(31)32)33-16-8-11-19-9-6-5-7-10-19/h5-15,17-18,29H,3-4,16H2,1-2H3,(H,31,32). The number of rotatable bonds is 10. The number of hydrogen-bond donors (Lipinski definition) is 2. The van der Waals surface area contributed by atoms with Gasteiger partial charge >= 0.3 is 5.97 Å². The number of carboxylic acids is 1. The van der Waals surface area contributed by atoms with Crippen molar-refractivity contribution in [3.8, 4) is 11.5 Å². The average Bonchev–Trinajstić information content (AvgIpc) is 2.83. The van der Waals surface area contributed by atoms with Crippen LogP contribution in [0.2, 0.25) is 0 Å². The average molecular weight is 446 g/mol. The molecule has 170 valence electrons. The SMILES string of the molecule is CCN(CC)c1ccc(C(=O)c2ccc(OCC=Cc3ccccc3)cc2C(=O)O)c(O)c1. The number of carboxylic acid groups (broad SMARTS) is 1. The van der Waals surface area contributed by atoms with Gasteiger partial charge in [-0.05, 0) is 55.8 Å². The van der Waals surface area contributed by atoms with E-state index in [1.165, 1.54) is 24.3 Å². The van der Waals surface area contributed by atoms with Gasteiger partial charge in [0.15, 0.2) is 5.78 Å². The molecule has 0 atom stereocenters. The normalized spacial score (nSPS) is 10.8. The predicted octanol–water partition coefficient (Wildman–Crippen LogP) is 5.26. The summed E-state index contributed by atoms with van der Waals surface area (Å²) in [5, 5.41) is 20.1. The maximum absolute atomic E-state index is 13.1. The first-order valence-electron chi connectivity index (χ1n) is 10.8. The molecule has 0 amide bonds. The number of carbonyl (C=O) groups is 2. The van der Waals surface area contributed by atoms with Crippen molar-refractivity contribution in [1.29, 1.82) is 0 Å². The Kier molecular flexibility index (Phi) is 7.86. The van der Waals surface area contributed by atoms with E-state index in [0.29, 0.717) is 5.75 Å². The van der Waals surface area contributed by atoms with E-state index in [2.05, 4.69) is 0 Å². The van der Waals surface area contributed by atoms with E-state index in [1.54, 1.807) is 12.1 Å². The van der Waals surface area contributed by atoms with Gasteiger partial charge < -0.3 is 19.8 Å². The molecule has 0 bridgehead atoms. The first kappa shape index (κ1) is 23.6. The Morgan fingerprint density at radius 3 is 2.24 bits per heavy atom. The van der Waals surface area contributed by atoms with Crippen molar-refractivity contribution in [2.75, 3.05) is 24.6 Å². The van der Waals surface area contributed by atoms with Crippen LogP contribution in [0, 0.1) is 0 Å². The largest absolute Gasteiger partial charge is 0.507 e. The van der Waals surface area contributed by atoms with Crippen LogP contribution in [0.1, 0.15) is 45.7 Å². The lowest BCUT2D eigenvalue weighted by atomic mass is 9.97. The number of ether oxygens (including phenoxy) is 1. The third-order valence-corrected chi connectivity index (χ3v) is 5.28. The fraction of sp³-hybridized carbons (Fsp3) is 0.185. The van der Waals surface area contributed by atoms with Crippen LogP contribution < -0.4 is 9.64 Å². The molecule has 0 spiro atoms. The zero-order valence-electron chi connectivity index (χ0n) is 18.7. The maximum Gasteiger partial charge on any atom is 0.336 e. The molecule has 33 heavy (non-hydrogen) atoms. The summed E-state index contributed by atoms with van der Waals surface area (Å²) in [7, 11) is 0. The second kappa shape index (κ2) is 11.0. The van der Waals surface area contributed by atoms with E-state index in [-0.39, 0.29) is 29.0 Å². The molecule has 0 saturated carbocycles. The lowest BCUT2D eigenvalue weighted by molar-refractivity contribution is 0.0692. The molecule has 0 aliphatic rings. The summed E-state index contributed by atoms with van der Waals surface area (Å²) in [6, 6.07) is 18.8. The highest BCUT2D eigenvalue weighted by atomic mass is 16.5. The van der Waals surface area contributed by atoms with Gasteiger partial charge in [0.1, 0.15) is 18.1 Å². The molecular weight excluding hydrogens is 418 g/mol. The fourth-order valence-corrected chi connectivity index (χ4v) is 3.52. The van der Waals surface area contributed by atoms with Crippen LogP contribution in [-0.4, -0.2) is 41.7 Å². The zero-order chi connectivity index (χ0) is 23.8. The zero-order valence-corrected chi connectivity index (χ0v) is 18.7. The van der Waals surface area contributed by atoms with Gasteiger partial charge in [-0.15, -0.1) is 0 Å². The minimum absolute atomic E-state index is 0.0134. The monoisotopic (exact) mass is 445 g/mol. The second-order valence-corrected chi connectivity index (χ2v) is 7.34. The lowest BCUT2D eigenvalue weighted by Crippen LogP contribution is -2.21. The molecule has 0 heterocycles. The van der Waals surface area contributed by atoms with Gasteiger partial charge in [0.25, 0.3) is 0 Å². The Labute approximate surface area is 193 Å². The second-order valence-electron chi connectivity index (χ2n) is 7.34. The molecule has 0 unspecified atom stereocenters. The number of phenolic OH excluding ortho intramolecular Hbond substituents is 1. The lowest BCUT2D eigenvalue weighted by Gasteiger charge is -2.21. The predicted molar refractivity (Wildman–Crippen MR) is 129 cm³/mol. The van der Waals surface area contributed by atoms with E-state index < -0.39 is 11.8 Å². The number of hydrogen-bond acceptors (Lipinski definition) is 5. The number of nitrogens with zero attached hydrogens (tertiary/aromatic N) is 1. The Bertz CT molecular complexity index is 1150. The van der Waals surface area contributed by atoms with Crippen molar-refractivity contribution < 1.29 is 24.5 Å². The van der Waals surface area contributed by atoms with Crippen LogP contribution in [0.15, 0.2) is 72.8 Å². The number of ketones is 1. The Hall–Kier alpha value is -4.06. The van der Waals surface area contributed by atoms with Crippen LogP contribution >= 0.6 is 0 Å². The Morgan fingerprint density at radius 1 is 0.909 bits per heavy atom. The summed E-state index contributed by atoms with van der Waals surface area (Å²) >= 11 is 0. The molecule has 3 aromatic rings. The number of carbonyl (C=O) groups excluding carboxylic acids is 1. The summed E-state index contributed by atoms with van der Waals surface area (Å²) in [6.45, 7) is 5.76. The van der Waals surface area contributed by atoms with Gasteiger partial charge in [0.2, 0.25) is 0 Å². The van der Waals surface area contributed by atoms with Crippen molar-refractivity contribution in [3.63, 3.8) is 0 Å². The van der Waals surface area contributed by atoms with Crippen molar-refractivity contribution in [2.45, 2.75) is 13.8 Å². The highest BCUT2D eigenvalue weighted by Crippen LogP contribution is 2.29. The smallest absolute Gasteiger partial charge is 0.336 e. The molecule has 0 aliphatic heterocycles. The van der Waals surface area contributed by atoms with Gasteiger partial charge in [-0.25, -0.2) is 4.79 Å². The van der Waals surface area contributed by atoms with Crippen LogP contribution in [0.25, 0.3) is 6.08 Å². The van der Waals surface area contributed by atoms with Gasteiger partial charge in [-0.3, -0.25) is 4.79 Å². The molecule has 6 heteroatoms. The van der Waals surface area contributed by atoms with Crippen LogP contribution in [0.5, 0.6) is 11.5 Å². The molecule has 0 saturated heterocycles. The summed E-state index contributed by atoms with van der Waals surface area (Å²) in [6.07, 6.45) is 3.73. The number of aromatic hydroxyl groups is 1. The van der Waals surface area contributed by atoms with Crippen molar-refractivity contribution >= 4 is 23.5 Å². The van der Waals surface area contributed by atoms with Crippen molar-refractivity contribution in [1.82, 2.24) is 0 Å². The molecule has 0 radical (unpaired) electrons. The highest BCUT2D eigenvalue weighted by Gasteiger charge is 2.22. The molecule has 6 nitrogen and oxygen atoms in total. The van der Waals surface area contributed by atoms with Gasteiger partial charge in [0.05, 0.1) is 11.1 Å². The van der Waals surface area contributed by atoms with Gasteiger partial charge in [0, 0.05) is 30.4 Å². The molecule has 0 fully saturated rings. The van der Waals surface area contributed by atoms with Gasteiger partial charge in [-0.2, -0.15) is 0 Å². The summed E-state index contributed by atoms with van der Waals surface area (Å²) in [5.74, 6) is -1.66. The van der Waals surface area contributed by atoms with E-state index >= 15 is 0 Å². The van der Waals surface area contributed by atoms with Gasteiger partial charge in [-0.1, -0.05) is 36.4 Å². The Balaban J connectivity index is 1.79. The molecule has 3 aromatic carbocycles. The summed E-state index contributed by atoms with van der Waals surface area (Å²) in [4.78, 5) is 26.9. The molecule has 2 N–H and O–H groups in total. The molecule has 0 aliphatic carbocycles. The summed E-state index contributed by atoms with van der Waals surface area (Å²) in [5.41, 5.74) is 1.67. The van der Waals surface area contributed by atoms with Crippen LogP contribution in [0.3, 0.4) is 0 Å². The molecule has 3 rings (SSSR count). The van der Waals surface area contributed by atoms with E-state index in [1.807, 2.05) is 61.2 Å². The topological polar surface area (TPSA) is 87.1 Å². The molecule has 0 aromatic heterocycles. The Morgan fingerprint density at radius 2 is 1.61 bits per heavy atom. The third-order valence-electron chi connectivity index (χ3n) is 5.28. The minimum Gasteiger partial charge on any atom is -0.507 e. The number of phenols is 1. The van der Waals surface area contributed by atoms with Crippen LogP contribution in [0.4, 0.5) is 5.69 Å². The van der Waals surface area contributed by atoms with E-state index in [4.69, 9.17) is 4.74 Å². The maximum atomic E-state index is 13.1. The number of aromatic carboxylic acids is 1. The van der Waals surface area contributed by atoms with Crippen molar-refractivity contribution in [3.05, 3.63) is 95.1 Å². The summed E-state index contributed by atoms with van der Waals surface area (Å²) < 4.78 is 5.63. The van der Waals surface area contributed by atoms with E-state index in [0.717, 1.165) is 24.3 Å². The quantitative estimate of drug-likeness (QED) is 0.414. The fourth-order valence-electron chi connectivity index (χ4n) is 3.52. The first-order chi connectivity index (χ1) is 15.9. The highest BCUT2D eigenvalue weighted by molar-refractivity contribution is 6.15. The third kappa shape index (κ3) is 5.80. The van der Waals surface area contributed by atoms with Crippen LogP contribution in [-0.2, 0) is 0 Å². The van der Waals surface area contributed by atoms with E-state index in [9.17, 15) is 19.8 Å². The van der Waals surface area contributed by atoms with Crippen molar-refractivity contribution in [2.24, 2.45) is 0 Å². The number of benzene rings is 3. The number of anilines is 1. The molecular formula is C27H27NO5.